The Labute approximate surface area is 95.4 Å². The Balaban J connectivity index is 3.07. The van der Waals surface area contributed by atoms with Crippen molar-refractivity contribution in [1.82, 2.24) is 4.98 Å². The minimum absolute atomic E-state index is 0.260. The molecule has 0 saturated heterocycles. The molecule has 1 aromatic rings. The molecule has 1 atom stereocenters. The van der Waals surface area contributed by atoms with Crippen LogP contribution in [0.1, 0.15) is 13.3 Å². The minimum Gasteiger partial charge on any atom is -0.256 e. The van der Waals surface area contributed by atoms with Crippen LogP contribution >= 0.6 is 0 Å². The van der Waals surface area contributed by atoms with Gasteiger partial charge in [0.25, 0.3) is 10.0 Å². The van der Waals surface area contributed by atoms with Gasteiger partial charge in [0.05, 0.1) is 6.07 Å². The molecule has 0 aliphatic heterocycles. The lowest BCUT2D eigenvalue weighted by Gasteiger charge is -2.20. The molecule has 0 fully saturated rings. The van der Waals surface area contributed by atoms with Crippen molar-refractivity contribution < 1.29 is 8.42 Å². The second kappa shape index (κ2) is 4.94. The third-order valence-corrected chi connectivity index (χ3v) is 4.34. The highest BCUT2D eigenvalue weighted by Crippen LogP contribution is 2.16. The van der Waals surface area contributed by atoms with E-state index in [0.29, 0.717) is 5.82 Å². The van der Waals surface area contributed by atoms with Crippen molar-refractivity contribution in [3.63, 3.8) is 0 Å². The first-order chi connectivity index (χ1) is 7.54. The van der Waals surface area contributed by atoms with Gasteiger partial charge in [-0.15, -0.1) is 0 Å². The highest BCUT2D eigenvalue weighted by atomic mass is 32.2. The van der Waals surface area contributed by atoms with Gasteiger partial charge in [-0.3, -0.25) is 4.31 Å². The second-order valence-electron chi connectivity index (χ2n) is 3.23. The van der Waals surface area contributed by atoms with Crippen molar-refractivity contribution in [2.24, 2.45) is 0 Å². The van der Waals surface area contributed by atoms with Crippen LogP contribution in [0.15, 0.2) is 24.4 Å². The van der Waals surface area contributed by atoms with Crippen LogP contribution in [0.2, 0.25) is 0 Å². The zero-order valence-electron chi connectivity index (χ0n) is 9.16. The molecule has 0 bridgehead atoms. The number of hydrogen-bond acceptors (Lipinski definition) is 4. The number of pyridine rings is 1. The van der Waals surface area contributed by atoms with Crippen LogP contribution in [-0.2, 0) is 10.0 Å². The average molecular weight is 239 g/mol. The van der Waals surface area contributed by atoms with E-state index >= 15 is 0 Å². The molecule has 0 saturated carbocycles. The fourth-order valence-corrected chi connectivity index (χ4v) is 2.53. The molecule has 0 amide bonds. The van der Waals surface area contributed by atoms with Crippen LogP contribution in [0.25, 0.3) is 0 Å². The van der Waals surface area contributed by atoms with Gasteiger partial charge in [0, 0.05) is 13.2 Å². The van der Waals surface area contributed by atoms with Crippen LogP contribution in [0, 0.1) is 11.3 Å². The Bertz CT molecular complexity index is 479. The molecule has 6 heteroatoms. The van der Waals surface area contributed by atoms with E-state index < -0.39 is 15.3 Å². The summed E-state index contributed by atoms with van der Waals surface area (Å²) in [7, 11) is -2.24. The maximum atomic E-state index is 12.0. The van der Waals surface area contributed by atoms with Gasteiger partial charge in [-0.25, -0.2) is 13.4 Å². The minimum atomic E-state index is -3.64. The van der Waals surface area contributed by atoms with E-state index in [1.54, 1.807) is 31.2 Å². The predicted octanol–water partition coefficient (Wildman–Crippen LogP) is 1.15. The van der Waals surface area contributed by atoms with Crippen molar-refractivity contribution in [1.29, 1.82) is 5.26 Å². The second-order valence-corrected chi connectivity index (χ2v) is 5.37. The van der Waals surface area contributed by atoms with Gasteiger partial charge in [0.1, 0.15) is 5.82 Å². The first-order valence-electron chi connectivity index (χ1n) is 4.82. The number of hydrogen-bond donors (Lipinski definition) is 0. The van der Waals surface area contributed by atoms with Crippen LogP contribution in [0.4, 0.5) is 5.82 Å². The Kier molecular flexibility index (Phi) is 3.85. The summed E-state index contributed by atoms with van der Waals surface area (Å²) in [6.07, 6.45) is 1.77. The molecule has 1 rings (SSSR count). The summed E-state index contributed by atoms with van der Waals surface area (Å²) in [5.41, 5.74) is 0. The molecule has 1 unspecified atom stereocenters. The summed E-state index contributed by atoms with van der Waals surface area (Å²) >= 11 is 0. The topological polar surface area (TPSA) is 74.1 Å². The normalized spacial score (nSPS) is 12.8. The number of aromatic nitrogens is 1. The highest BCUT2D eigenvalue weighted by Gasteiger charge is 2.28. The summed E-state index contributed by atoms with van der Waals surface area (Å²) in [5, 5.41) is 7.75. The zero-order valence-corrected chi connectivity index (χ0v) is 9.98. The summed E-state index contributed by atoms with van der Waals surface area (Å²) in [6.45, 7) is 1.66. The van der Waals surface area contributed by atoms with Crippen LogP contribution in [0.5, 0.6) is 0 Å². The predicted molar refractivity (Wildman–Crippen MR) is 61.3 cm³/mol. The Morgan fingerprint density at radius 2 is 2.25 bits per heavy atom. The van der Waals surface area contributed by atoms with Crippen LogP contribution in [0.3, 0.4) is 0 Å². The molecule has 0 aromatic carbocycles. The summed E-state index contributed by atoms with van der Waals surface area (Å²) in [5.74, 6) is 0.316. The third-order valence-electron chi connectivity index (χ3n) is 2.23. The van der Waals surface area contributed by atoms with Crippen molar-refractivity contribution in [3.05, 3.63) is 24.4 Å². The Morgan fingerprint density at radius 1 is 1.56 bits per heavy atom. The molecule has 16 heavy (non-hydrogen) atoms. The van der Waals surface area contributed by atoms with Crippen LogP contribution < -0.4 is 4.31 Å². The number of rotatable bonds is 4. The Hall–Kier alpha value is -1.61. The molecule has 0 aliphatic carbocycles. The van der Waals surface area contributed by atoms with E-state index in [9.17, 15) is 8.42 Å². The molecular formula is C10H13N3O2S. The summed E-state index contributed by atoms with van der Waals surface area (Å²) in [6, 6.07) is 6.77. The van der Waals surface area contributed by atoms with Gasteiger partial charge in [-0.2, -0.15) is 5.26 Å². The summed E-state index contributed by atoms with van der Waals surface area (Å²) < 4.78 is 25.0. The number of nitriles is 1. The lowest BCUT2D eigenvalue weighted by Crippen LogP contribution is -2.35. The smallest absolute Gasteiger partial charge is 0.252 e. The molecule has 5 nitrogen and oxygen atoms in total. The van der Waals surface area contributed by atoms with Crippen molar-refractivity contribution in [2.75, 3.05) is 11.4 Å². The van der Waals surface area contributed by atoms with E-state index in [0.717, 1.165) is 4.31 Å². The van der Waals surface area contributed by atoms with E-state index in [4.69, 9.17) is 5.26 Å². The number of sulfonamides is 1. The van der Waals surface area contributed by atoms with Gasteiger partial charge < -0.3 is 0 Å². The van der Waals surface area contributed by atoms with Gasteiger partial charge in [0.2, 0.25) is 0 Å². The van der Waals surface area contributed by atoms with Crippen molar-refractivity contribution in [2.45, 2.75) is 18.6 Å². The van der Waals surface area contributed by atoms with Gasteiger partial charge in [0.15, 0.2) is 5.25 Å². The highest BCUT2D eigenvalue weighted by molar-refractivity contribution is 7.93. The molecule has 1 aromatic heterocycles. The molecule has 1 heterocycles. The average Bonchev–Trinajstić information content (AvgIpc) is 2.30. The molecule has 0 N–H and O–H groups in total. The SMILES string of the molecule is CCC(C#N)S(=O)(=O)N(C)c1ccccn1. The lowest BCUT2D eigenvalue weighted by atomic mass is 10.4. The van der Waals surface area contributed by atoms with E-state index in [1.807, 2.05) is 0 Å². The van der Waals surface area contributed by atoms with E-state index in [2.05, 4.69) is 4.98 Å². The van der Waals surface area contributed by atoms with Crippen molar-refractivity contribution >= 4 is 15.8 Å². The maximum Gasteiger partial charge on any atom is 0.252 e. The van der Waals surface area contributed by atoms with Gasteiger partial charge in [-0.05, 0) is 18.6 Å². The Morgan fingerprint density at radius 3 is 2.69 bits per heavy atom. The zero-order chi connectivity index (χ0) is 12.2. The lowest BCUT2D eigenvalue weighted by molar-refractivity contribution is 0.585. The molecular weight excluding hydrogens is 226 g/mol. The molecule has 86 valence electrons. The monoisotopic (exact) mass is 239 g/mol. The molecule has 0 spiro atoms. The largest absolute Gasteiger partial charge is 0.256 e. The van der Waals surface area contributed by atoms with Gasteiger partial charge >= 0.3 is 0 Å². The fourth-order valence-electron chi connectivity index (χ4n) is 1.23. The van der Waals surface area contributed by atoms with Crippen LogP contribution in [-0.4, -0.2) is 25.7 Å². The molecule has 0 radical (unpaired) electrons. The van der Waals surface area contributed by atoms with Crippen molar-refractivity contribution in [3.8, 4) is 6.07 Å². The maximum absolute atomic E-state index is 12.0. The first kappa shape index (κ1) is 12.5. The summed E-state index contributed by atoms with van der Waals surface area (Å²) in [4.78, 5) is 3.93. The van der Waals surface area contributed by atoms with Gasteiger partial charge in [-0.1, -0.05) is 13.0 Å². The van der Waals surface area contributed by atoms with E-state index in [1.165, 1.54) is 13.2 Å². The van der Waals surface area contributed by atoms with E-state index in [-0.39, 0.29) is 6.42 Å². The first-order valence-corrected chi connectivity index (χ1v) is 6.32. The molecule has 0 aliphatic rings. The number of nitrogens with zero attached hydrogens (tertiary/aromatic N) is 3. The quantitative estimate of drug-likeness (QED) is 0.790. The standard InChI is InChI=1S/C10H13N3O2S/c1-3-9(8-11)16(14,15)13(2)10-6-4-5-7-12-10/h4-7,9H,3H2,1-2H3. The fraction of sp³-hybridized carbons (Fsp3) is 0.400. The third kappa shape index (κ3) is 2.31. The number of anilines is 1.